The second-order valence-corrected chi connectivity index (χ2v) is 4.42. The van der Waals surface area contributed by atoms with E-state index in [0.717, 1.165) is 11.1 Å². The first-order valence-electron chi connectivity index (χ1n) is 4.95. The maximum absolute atomic E-state index is 10.9. The molecule has 0 aliphatic heterocycles. The third-order valence-electron chi connectivity index (χ3n) is 2.47. The smallest absolute Gasteiger partial charge is 0.336 e. The second-order valence-electron chi connectivity index (χ2n) is 3.53. The first-order valence-corrected chi connectivity index (χ1v) is 5.84. The highest BCUT2D eigenvalue weighted by molar-refractivity contribution is 7.83. The highest BCUT2D eigenvalue weighted by Gasteiger charge is 2.13. The summed E-state index contributed by atoms with van der Waals surface area (Å²) in [5.74, 6) is -0.995. The topological polar surface area (TPSA) is 37.3 Å². The number of carbonyl (C=O) groups is 1. The van der Waals surface area contributed by atoms with Gasteiger partial charge in [-0.15, -0.1) is 25.3 Å². The predicted octanol–water partition coefficient (Wildman–Crippen LogP) is 3.63. The van der Waals surface area contributed by atoms with Gasteiger partial charge in [0.25, 0.3) is 0 Å². The van der Waals surface area contributed by atoms with Crippen molar-refractivity contribution in [2.24, 2.45) is 0 Å². The minimum Gasteiger partial charge on any atom is -0.478 e. The van der Waals surface area contributed by atoms with Crippen molar-refractivity contribution in [2.45, 2.75) is 9.79 Å². The molecule has 1 N–H and O–H groups in total. The zero-order valence-electron chi connectivity index (χ0n) is 8.79. The van der Waals surface area contributed by atoms with Crippen molar-refractivity contribution in [3.8, 4) is 11.1 Å². The summed E-state index contributed by atoms with van der Waals surface area (Å²) in [6.45, 7) is 0. The van der Waals surface area contributed by atoms with Crippen LogP contribution in [0.4, 0.5) is 0 Å². The van der Waals surface area contributed by atoms with E-state index in [9.17, 15) is 4.79 Å². The number of thiol groups is 2. The molecule has 0 aliphatic rings. The fourth-order valence-electron chi connectivity index (χ4n) is 1.60. The molecule has 0 heterocycles. The third-order valence-corrected chi connectivity index (χ3v) is 3.57. The summed E-state index contributed by atoms with van der Waals surface area (Å²) >= 11 is 8.56. The maximum Gasteiger partial charge on any atom is 0.336 e. The average Bonchev–Trinajstić information content (AvgIpc) is 2.33. The van der Waals surface area contributed by atoms with E-state index in [1.54, 1.807) is 12.1 Å². The molecule has 0 unspecified atom stereocenters. The summed E-state index contributed by atoms with van der Waals surface area (Å²) < 4.78 is 0. The van der Waals surface area contributed by atoms with Gasteiger partial charge in [-0.25, -0.2) is 4.79 Å². The Kier molecular flexibility index (Phi) is 3.45. The molecule has 0 bridgehead atoms. The predicted molar refractivity (Wildman–Crippen MR) is 73.3 cm³/mol. The molecule has 0 atom stereocenters. The molecule has 4 heteroatoms. The van der Waals surface area contributed by atoms with Gasteiger partial charge in [-0.1, -0.05) is 36.4 Å². The quantitative estimate of drug-likeness (QED) is 0.723. The van der Waals surface area contributed by atoms with Crippen LogP contribution in [-0.2, 0) is 0 Å². The lowest BCUT2D eigenvalue weighted by Crippen LogP contribution is -1.99. The summed E-state index contributed by atoms with van der Waals surface area (Å²) in [7, 11) is 0. The van der Waals surface area contributed by atoms with Gasteiger partial charge in [0.05, 0.1) is 5.56 Å². The number of benzene rings is 2. The van der Waals surface area contributed by atoms with Crippen LogP contribution < -0.4 is 0 Å². The van der Waals surface area contributed by atoms with Crippen molar-refractivity contribution in [2.75, 3.05) is 0 Å². The monoisotopic (exact) mass is 262 g/mol. The first-order chi connectivity index (χ1) is 8.11. The second kappa shape index (κ2) is 4.85. The molecule has 0 radical (unpaired) electrons. The molecule has 0 saturated carbocycles. The number of carboxylic acid groups (broad SMARTS) is 1. The number of rotatable bonds is 2. The van der Waals surface area contributed by atoms with E-state index in [0.29, 0.717) is 9.79 Å². The molecule has 0 aromatic heterocycles. The summed E-state index contributed by atoms with van der Waals surface area (Å²) in [6.07, 6.45) is 0. The SMILES string of the molecule is O=C(O)c1ccc(-c2ccccc2)c(S)c1S. The Balaban J connectivity index is 2.60. The van der Waals surface area contributed by atoms with Crippen molar-refractivity contribution in [1.29, 1.82) is 0 Å². The van der Waals surface area contributed by atoms with Crippen LogP contribution in [0.3, 0.4) is 0 Å². The number of hydrogen-bond donors (Lipinski definition) is 3. The van der Waals surface area contributed by atoms with Crippen molar-refractivity contribution in [3.63, 3.8) is 0 Å². The molecular weight excluding hydrogens is 252 g/mol. The fourth-order valence-corrected chi connectivity index (χ4v) is 2.22. The van der Waals surface area contributed by atoms with Gasteiger partial charge in [-0.2, -0.15) is 0 Å². The standard InChI is InChI=1S/C13H10O2S2/c14-13(15)10-7-6-9(11(16)12(10)17)8-4-2-1-3-5-8/h1-7,16-17H,(H,14,15). The lowest BCUT2D eigenvalue weighted by atomic mass is 10.0. The van der Waals surface area contributed by atoms with Crippen LogP contribution in [0, 0.1) is 0 Å². The molecule has 0 amide bonds. The summed E-state index contributed by atoms with van der Waals surface area (Å²) in [5, 5.41) is 8.97. The summed E-state index contributed by atoms with van der Waals surface area (Å²) in [4.78, 5) is 11.9. The van der Waals surface area contributed by atoms with Crippen molar-refractivity contribution >= 4 is 31.2 Å². The minimum absolute atomic E-state index is 0.165. The van der Waals surface area contributed by atoms with Gasteiger partial charge in [0, 0.05) is 9.79 Å². The van der Waals surface area contributed by atoms with Crippen molar-refractivity contribution in [3.05, 3.63) is 48.0 Å². The van der Waals surface area contributed by atoms with Gasteiger partial charge >= 0.3 is 5.97 Å². The molecule has 86 valence electrons. The van der Waals surface area contributed by atoms with E-state index in [4.69, 9.17) is 5.11 Å². The normalized spacial score (nSPS) is 10.2. The van der Waals surface area contributed by atoms with Crippen LogP contribution in [0.5, 0.6) is 0 Å². The Morgan fingerprint density at radius 1 is 0.941 bits per heavy atom. The van der Waals surface area contributed by atoms with Crippen LogP contribution in [0.25, 0.3) is 11.1 Å². The van der Waals surface area contributed by atoms with Crippen LogP contribution in [0.2, 0.25) is 0 Å². The van der Waals surface area contributed by atoms with Gasteiger partial charge in [0.1, 0.15) is 0 Å². The van der Waals surface area contributed by atoms with Gasteiger partial charge in [0.2, 0.25) is 0 Å². The maximum atomic E-state index is 10.9. The molecular formula is C13H10O2S2. The highest BCUT2D eigenvalue weighted by Crippen LogP contribution is 2.33. The molecule has 2 nitrogen and oxygen atoms in total. The van der Waals surface area contributed by atoms with E-state index in [-0.39, 0.29) is 5.56 Å². The molecule has 2 aromatic carbocycles. The van der Waals surface area contributed by atoms with Gasteiger partial charge in [-0.3, -0.25) is 0 Å². The van der Waals surface area contributed by atoms with Crippen LogP contribution in [0.15, 0.2) is 52.3 Å². The zero-order chi connectivity index (χ0) is 12.4. The Morgan fingerprint density at radius 3 is 2.18 bits per heavy atom. The molecule has 0 aliphatic carbocycles. The average molecular weight is 262 g/mol. The van der Waals surface area contributed by atoms with Gasteiger partial charge in [-0.05, 0) is 17.2 Å². The third kappa shape index (κ3) is 2.33. The molecule has 0 fully saturated rings. The molecule has 2 rings (SSSR count). The largest absolute Gasteiger partial charge is 0.478 e. The molecule has 2 aromatic rings. The van der Waals surface area contributed by atoms with E-state index >= 15 is 0 Å². The number of aromatic carboxylic acids is 1. The van der Waals surface area contributed by atoms with Crippen LogP contribution in [-0.4, -0.2) is 11.1 Å². The molecule has 17 heavy (non-hydrogen) atoms. The van der Waals surface area contributed by atoms with Crippen LogP contribution in [0.1, 0.15) is 10.4 Å². The number of hydrogen-bond acceptors (Lipinski definition) is 3. The Labute approximate surface area is 110 Å². The summed E-state index contributed by atoms with van der Waals surface area (Å²) in [6, 6.07) is 13.0. The molecule has 0 saturated heterocycles. The molecule has 0 spiro atoms. The van der Waals surface area contributed by atoms with E-state index in [1.807, 2.05) is 30.3 Å². The Bertz CT molecular complexity index is 565. The van der Waals surface area contributed by atoms with E-state index in [1.165, 1.54) is 0 Å². The minimum atomic E-state index is -0.995. The van der Waals surface area contributed by atoms with Crippen molar-refractivity contribution in [1.82, 2.24) is 0 Å². The van der Waals surface area contributed by atoms with Crippen molar-refractivity contribution < 1.29 is 9.90 Å². The highest BCUT2D eigenvalue weighted by atomic mass is 32.1. The number of carboxylic acids is 1. The van der Waals surface area contributed by atoms with Gasteiger partial charge < -0.3 is 5.11 Å². The van der Waals surface area contributed by atoms with E-state index in [2.05, 4.69) is 25.3 Å². The Morgan fingerprint density at radius 2 is 1.59 bits per heavy atom. The van der Waals surface area contributed by atoms with Crippen LogP contribution >= 0.6 is 25.3 Å². The summed E-state index contributed by atoms with van der Waals surface area (Å²) in [5.41, 5.74) is 2.03. The Hall–Kier alpha value is -1.39. The zero-order valence-corrected chi connectivity index (χ0v) is 10.6. The lowest BCUT2D eigenvalue weighted by molar-refractivity contribution is 0.0692. The lowest BCUT2D eigenvalue weighted by Gasteiger charge is -2.09. The van der Waals surface area contributed by atoms with Gasteiger partial charge in [0.15, 0.2) is 0 Å². The first kappa shape index (κ1) is 12.1. The van der Waals surface area contributed by atoms with E-state index < -0.39 is 5.97 Å². The fraction of sp³-hybridized carbons (Fsp3) is 0.